The first-order valence-electron chi connectivity index (χ1n) is 8.59. The molecule has 0 bridgehead atoms. The van der Waals surface area contributed by atoms with Gasteiger partial charge in [0.2, 0.25) is 0 Å². The van der Waals surface area contributed by atoms with Crippen LogP contribution in [0.25, 0.3) is 0 Å². The molecule has 136 valence electrons. The molecule has 0 aliphatic heterocycles. The quantitative estimate of drug-likeness (QED) is 0.247. The molecule has 3 nitrogen and oxygen atoms in total. The molecule has 0 atom stereocenters. The Morgan fingerprint density at radius 3 is 2.19 bits per heavy atom. The van der Waals surface area contributed by atoms with Gasteiger partial charge in [0.15, 0.2) is 5.11 Å². The third-order valence-corrected chi connectivity index (χ3v) is 4.54. The van der Waals surface area contributed by atoms with Crippen molar-refractivity contribution in [3.63, 3.8) is 0 Å². The van der Waals surface area contributed by atoms with Gasteiger partial charge in [0.1, 0.15) is 5.84 Å². The van der Waals surface area contributed by atoms with Gasteiger partial charge >= 0.3 is 0 Å². The summed E-state index contributed by atoms with van der Waals surface area (Å²) in [6, 6.07) is 25.8. The maximum atomic E-state index is 6.07. The smallest absolute Gasteiger partial charge is 0.199 e. The summed E-state index contributed by atoms with van der Waals surface area (Å²) in [7, 11) is 0. The lowest BCUT2D eigenvalue weighted by atomic mass is 10.1. The first-order chi connectivity index (χ1) is 13.2. The van der Waals surface area contributed by atoms with E-state index in [1.165, 1.54) is 0 Å². The molecule has 0 aromatic heterocycles. The molecule has 0 aliphatic rings. The summed E-state index contributed by atoms with van der Waals surface area (Å²) in [5, 5.41) is 6.97. The number of benzene rings is 3. The number of thiocarbonyl (C=S) groups is 1. The molecule has 0 unspecified atom stereocenters. The Kier molecular flexibility index (Phi) is 6.58. The van der Waals surface area contributed by atoms with Gasteiger partial charge in [-0.3, -0.25) is 0 Å². The first kappa shape index (κ1) is 19.1. The van der Waals surface area contributed by atoms with Gasteiger partial charge in [-0.1, -0.05) is 66.7 Å². The van der Waals surface area contributed by atoms with E-state index in [0.29, 0.717) is 16.8 Å². The van der Waals surface area contributed by atoms with Gasteiger partial charge in [-0.05, 0) is 42.4 Å². The minimum absolute atomic E-state index is 0.388. The first-order valence-corrected chi connectivity index (χ1v) is 9.53. The number of alkyl halides is 1. The predicted octanol–water partition coefficient (Wildman–Crippen LogP) is 5.99. The van der Waals surface area contributed by atoms with E-state index < -0.39 is 0 Å². The van der Waals surface area contributed by atoms with Crippen molar-refractivity contribution < 1.29 is 0 Å². The minimum Gasteiger partial charge on any atom is -0.339 e. The van der Waals surface area contributed by atoms with E-state index in [9.17, 15) is 0 Å². The molecule has 2 N–H and O–H groups in total. The van der Waals surface area contributed by atoms with Crippen LogP contribution in [0.2, 0.25) is 0 Å². The molecular weight excluding hydrogens is 374 g/mol. The van der Waals surface area contributed by atoms with Crippen molar-refractivity contribution in [1.82, 2.24) is 0 Å². The molecule has 0 saturated heterocycles. The van der Waals surface area contributed by atoms with Crippen LogP contribution in [0.5, 0.6) is 0 Å². The molecule has 3 aromatic rings. The van der Waals surface area contributed by atoms with Crippen molar-refractivity contribution in [2.45, 2.75) is 12.8 Å². The third-order valence-electron chi connectivity index (χ3n) is 4.06. The monoisotopic (exact) mass is 393 g/mol. The van der Waals surface area contributed by atoms with Crippen molar-refractivity contribution in [3.8, 4) is 0 Å². The molecule has 0 saturated carbocycles. The predicted molar refractivity (Wildman–Crippen MR) is 120 cm³/mol. The zero-order valence-corrected chi connectivity index (χ0v) is 16.5. The fraction of sp³-hybridized carbons (Fsp3) is 0.0909. The highest BCUT2D eigenvalue weighted by molar-refractivity contribution is 7.80. The number of aliphatic imine (C=N–C) groups is 1. The number of hydrogen-bond donors (Lipinski definition) is 2. The average molecular weight is 394 g/mol. The average Bonchev–Trinajstić information content (AvgIpc) is 2.70. The van der Waals surface area contributed by atoms with Gasteiger partial charge < -0.3 is 10.6 Å². The van der Waals surface area contributed by atoms with Gasteiger partial charge in [-0.25, -0.2) is 4.99 Å². The lowest BCUT2D eigenvalue weighted by Gasteiger charge is -2.14. The summed E-state index contributed by atoms with van der Waals surface area (Å²) in [5.41, 5.74) is 4.90. The van der Waals surface area contributed by atoms with Crippen molar-refractivity contribution in [1.29, 1.82) is 0 Å². The van der Waals surface area contributed by atoms with Crippen molar-refractivity contribution in [2.24, 2.45) is 4.99 Å². The van der Waals surface area contributed by atoms with Gasteiger partial charge in [0, 0.05) is 22.8 Å². The SMILES string of the molecule is Cc1ccccc1NC(=S)/N=C(/Nc1ccccc1CCl)c1ccccc1. The van der Waals surface area contributed by atoms with Crippen LogP contribution in [0.1, 0.15) is 16.7 Å². The van der Waals surface area contributed by atoms with Gasteiger partial charge in [-0.2, -0.15) is 0 Å². The van der Waals surface area contributed by atoms with Gasteiger partial charge in [0.05, 0.1) is 0 Å². The van der Waals surface area contributed by atoms with Crippen molar-refractivity contribution in [3.05, 3.63) is 95.6 Å². The molecule has 0 fully saturated rings. The second-order valence-electron chi connectivity index (χ2n) is 5.99. The lowest BCUT2D eigenvalue weighted by Crippen LogP contribution is -2.19. The summed E-state index contributed by atoms with van der Waals surface area (Å²) >= 11 is 11.6. The van der Waals surface area contributed by atoms with Crippen LogP contribution in [0.4, 0.5) is 11.4 Å². The van der Waals surface area contributed by atoms with Crippen LogP contribution in [-0.4, -0.2) is 10.9 Å². The van der Waals surface area contributed by atoms with Crippen LogP contribution in [0, 0.1) is 6.92 Å². The topological polar surface area (TPSA) is 36.4 Å². The molecule has 5 heteroatoms. The van der Waals surface area contributed by atoms with Crippen molar-refractivity contribution in [2.75, 3.05) is 10.6 Å². The van der Waals surface area contributed by atoms with Crippen LogP contribution < -0.4 is 10.6 Å². The summed E-state index contributed by atoms with van der Waals surface area (Å²) < 4.78 is 0. The fourth-order valence-electron chi connectivity index (χ4n) is 2.60. The Balaban J connectivity index is 1.91. The number of halogens is 1. The highest BCUT2D eigenvalue weighted by Crippen LogP contribution is 2.19. The minimum atomic E-state index is 0.388. The van der Waals surface area contributed by atoms with Gasteiger partial charge in [0.25, 0.3) is 0 Å². The largest absolute Gasteiger partial charge is 0.339 e. The molecule has 0 radical (unpaired) electrons. The van der Waals surface area contributed by atoms with E-state index in [0.717, 1.165) is 28.1 Å². The molecular formula is C22H20ClN3S. The van der Waals surface area contributed by atoms with Crippen molar-refractivity contribution >= 4 is 46.1 Å². The van der Waals surface area contributed by atoms with E-state index in [-0.39, 0.29) is 0 Å². The second kappa shape index (κ2) is 9.31. The number of para-hydroxylation sites is 2. The van der Waals surface area contributed by atoms with E-state index in [1.807, 2.05) is 85.8 Å². The number of hydrogen-bond acceptors (Lipinski definition) is 1. The number of aryl methyl sites for hydroxylation is 1. The normalized spacial score (nSPS) is 11.1. The number of rotatable bonds is 4. The van der Waals surface area contributed by atoms with Gasteiger partial charge in [-0.15, -0.1) is 11.6 Å². The highest BCUT2D eigenvalue weighted by Gasteiger charge is 2.09. The van der Waals surface area contributed by atoms with E-state index >= 15 is 0 Å². The van der Waals surface area contributed by atoms with E-state index in [2.05, 4.69) is 15.6 Å². The maximum Gasteiger partial charge on any atom is 0.199 e. The zero-order chi connectivity index (χ0) is 19.1. The maximum absolute atomic E-state index is 6.07. The summed E-state index contributed by atoms with van der Waals surface area (Å²) in [6.45, 7) is 2.03. The molecule has 0 aliphatic carbocycles. The number of nitrogens with one attached hydrogen (secondary N) is 2. The molecule has 0 heterocycles. The number of amidine groups is 1. The Morgan fingerprint density at radius 2 is 1.48 bits per heavy atom. The van der Waals surface area contributed by atoms with Crippen LogP contribution >= 0.6 is 23.8 Å². The number of nitrogens with zero attached hydrogens (tertiary/aromatic N) is 1. The fourth-order valence-corrected chi connectivity index (χ4v) is 3.04. The Bertz CT molecular complexity index is 955. The lowest BCUT2D eigenvalue weighted by molar-refractivity contribution is 1.39. The molecule has 0 amide bonds. The standard InChI is InChI=1S/C22H20ClN3S/c1-16-9-5-7-13-19(16)25-22(27)26-21(17-10-3-2-4-11-17)24-20-14-8-6-12-18(20)15-23/h2-14H,15H2,1H3,(H2,24,25,26,27). The third kappa shape index (κ3) is 5.16. The zero-order valence-electron chi connectivity index (χ0n) is 14.9. The summed E-state index contributed by atoms with van der Waals surface area (Å²) in [5.74, 6) is 1.08. The number of anilines is 2. The second-order valence-corrected chi connectivity index (χ2v) is 6.64. The molecule has 3 rings (SSSR count). The Labute approximate surface area is 170 Å². The summed E-state index contributed by atoms with van der Waals surface area (Å²) in [4.78, 5) is 4.64. The van der Waals surface area contributed by atoms with E-state index in [1.54, 1.807) is 0 Å². The van der Waals surface area contributed by atoms with E-state index in [4.69, 9.17) is 23.8 Å². The molecule has 0 spiro atoms. The van der Waals surface area contributed by atoms with Crippen LogP contribution in [0.15, 0.2) is 83.9 Å². The highest BCUT2D eigenvalue weighted by atomic mass is 35.5. The Hall–Kier alpha value is -2.69. The van der Waals surface area contributed by atoms with Crippen LogP contribution in [0.3, 0.4) is 0 Å². The molecule has 3 aromatic carbocycles. The Morgan fingerprint density at radius 1 is 0.852 bits per heavy atom. The van der Waals surface area contributed by atoms with Crippen LogP contribution in [-0.2, 0) is 5.88 Å². The summed E-state index contributed by atoms with van der Waals surface area (Å²) in [6.07, 6.45) is 0. The molecule has 27 heavy (non-hydrogen) atoms.